The van der Waals surface area contributed by atoms with Crippen LogP contribution in [-0.2, 0) is 7.05 Å². The summed E-state index contributed by atoms with van der Waals surface area (Å²) in [6.07, 6.45) is 0.591. The highest BCUT2D eigenvalue weighted by Gasteiger charge is 2.15. The highest BCUT2D eigenvalue weighted by molar-refractivity contribution is 5.80. The van der Waals surface area contributed by atoms with E-state index in [0.29, 0.717) is 12.0 Å². The summed E-state index contributed by atoms with van der Waals surface area (Å²) in [5, 5.41) is 4.00. The lowest BCUT2D eigenvalue weighted by Gasteiger charge is -2.06. The minimum atomic E-state index is -0.753. The molecule has 0 aliphatic heterocycles. The fourth-order valence-electron chi connectivity index (χ4n) is 1.61. The first-order valence-corrected chi connectivity index (χ1v) is 5.14. The van der Waals surface area contributed by atoms with Gasteiger partial charge in [-0.05, 0) is 6.92 Å². The minimum Gasteiger partial charge on any atom is -0.438 e. The molecule has 1 aromatic heterocycles. The molecule has 0 spiro atoms. The van der Waals surface area contributed by atoms with E-state index in [0.717, 1.165) is 18.2 Å². The third-order valence-corrected chi connectivity index (χ3v) is 2.38. The molecule has 0 aliphatic rings. The van der Waals surface area contributed by atoms with E-state index in [1.54, 1.807) is 14.0 Å². The van der Waals surface area contributed by atoms with Gasteiger partial charge in [-0.25, -0.2) is 13.5 Å². The van der Waals surface area contributed by atoms with E-state index in [2.05, 4.69) is 5.10 Å². The van der Waals surface area contributed by atoms with Gasteiger partial charge >= 0.3 is 0 Å². The van der Waals surface area contributed by atoms with Crippen molar-refractivity contribution < 1.29 is 18.3 Å². The Kier molecular flexibility index (Phi) is 3.10. The maximum Gasteiger partial charge on any atom is 0.228 e. The summed E-state index contributed by atoms with van der Waals surface area (Å²) in [4.78, 5) is 10.9. The Hall–Kier alpha value is -2.24. The van der Waals surface area contributed by atoms with Crippen LogP contribution < -0.4 is 4.74 Å². The molecule has 0 unspecified atom stereocenters. The largest absolute Gasteiger partial charge is 0.438 e. The molecule has 1 aromatic carbocycles. The summed E-state index contributed by atoms with van der Waals surface area (Å²) in [5.41, 5.74) is 0.738. The highest BCUT2D eigenvalue weighted by Crippen LogP contribution is 2.26. The summed E-state index contributed by atoms with van der Waals surface area (Å²) < 4.78 is 32.7. The number of aryl methyl sites for hydroxylation is 2. The van der Waals surface area contributed by atoms with Crippen LogP contribution in [-0.4, -0.2) is 16.1 Å². The smallest absolute Gasteiger partial charge is 0.228 e. The van der Waals surface area contributed by atoms with Crippen molar-refractivity contribution >= 4 is 6.29 Å². The molecule has 0 saturated heterocycles. The predicted octanol–water partition coefficient (Wildman–Crippen LogP) is 2.61. The van der Waals surface area contributed by atoms with Crippen LogP contribution in [0.3, 0.4) is 0 Å². The van der Waals surface area contributed by atoms with Crippen molar-refractivity contribution in [3.05, 3.63) is 41.1 Å². The lowest BCUT2D eigenvalue weighted by Crippen LogP contribution is -1.97. The van der Waals surface area contributed by atoms with Crippen molar-refractivity contribution in [1.82, 2.24) is 9.78 Å². The summed E-state index contributed by atoms with van der Waals surface area (Å²) in [6.45, 7) is 1.64. The van der Waals surface area contributed by atoms with E-state index in [4.69, 9.17) is 4.74 Å². The van der Waals surface area contributed by atoms with Gasteiger partial charge in [0.1, 0.15) is 17.4 Å². The molecule has 18 heavy (non-hydrogen) atoms. The molecular formula is C12H10F2N2O2. The number of benzene rings is 1. The minimum absolute atomic E-state index is 0.0291. The van der Waals surface area contributed by atoms with Gasteiger partial charge in [0.25, 0.3) is 0 Å². The van der Waals surface area contributed by atoms with Crippen LogP contribution in [0, 0.1) is 18.6 Å². The lowest BCUT2D eigenvalue weighted by molar-refractivity contribution is 0.112. The maximum atomic E-state index is 13.0. The van der Waals surface area contributed by atoms with Gasteiger partial charge < -0.3 is 4.74 Å². The lowest BCUT2D eigenvalue weighted by atomic mass is 10.3. The topological polar surface area (TPSA) is 44.1 Å². The van der Waals surface area contributed by atoms with Crippen LogP contribution >= 0.6 is 0 Å². The van der Waals surface area contributed by atoms with Crippen molar-refractivity contribution in [2.24, 2.45) is 7.05 Å². The molecule has 6 heteroatoms. The second kappa shape index (κ2) is 4.56. The summed E-state index contributed by atoms with van der Waals surface area (Å²) in [6, 6.07) is 2.79. The normalized spacial score (nSPS) is 10.4. The summed E-state index contributed by atoms with van der Waals surface area (Å²) in [7, 11) is 1.57. The van der Waals surface area contributed by atoms with Crippen LogP contribution in [0.15, 0.2) is 18.2 Å². The van der Waals surface area contributed by atoms with Crippen LogP contribution in [0.25, 0.3) is 0 Å². The Morgan fingerprint density at radius 1 is 1.28 bits per heavy atom. The third-order valence-electron chi connectivity index (χ3n) is 2.38. The molecule has 4 nitrogen and oxygen atoms in total. The Morgan fingerprint density at radius 3 is 2.44 bits per heavy atom. The average molecular weight is 252 g/mol. The number of carbonyl (C=O) groups is 1. The molecule has 0 radical (unpaired) electrons. The number of rotatable bonds is 3. The molecule has 0 amide bonds. The summed E-state index contributed by atoms with van der Waals surface area (Å²) in [5.74, 6) is -1.39. The van der Waals surface area contributed by atoms with Gasteiger partial charge in [-0.1, -0.05) is 0 Å². The predicted molar refractivity (Wildman–Crippen MR) is 59.8 cm³/mol. The quantitative estimate of drug-likeness (QED) is 0.789. The zero-order valence-corrected chi connectivity index (χ0v) is 9.78. The number of hydrogen-bond acceptors (Lipinski definition) is 3. The van der Waals surface area contributed by atoms with Crippen molar-refractivity contribution in [3.8, 4) is 11.6 Å². The van der Waals surface area contributed by atoms with Crippen LogP contribution in [0.4, 0.5) is 8.78 Å². The highest BCUT2D eigenvalue weighted by atomic mass is 19.1. The number of hydrogen-bond donors (Lipinski definition) is 0. The zero-order chi connectivity index (χ0) is 13.3. The molecular weight excluding hydrogens is 242 g/mol. The van der Waals surface area contributed by atoms with E-state index < -0.39 is 11.6 Å². The number of halogens is 2. The molecule has 0 fully saturated rings. The van der Waals surface area contributed by atoms with E-state index >= 15 is 0 Å². The van der Waals surface area contributed by atoms with Gasteiger partial charge in [-0.15, -0.1) is 0 Å². The fourth-order valence-corrected chi connectivity index (χ4v) is 1.61. The number of aldehydes is 1. The van der Waals surface area contributed by atoms with E-state index in [1.807, 2.05) is 0 Å². The maximum absolute atomic E-state index is 13.0. The fraction of sp³-hybridized carbons (Fsp3) is 0.167. The van der Waals surface area contributed by atoms with E-state index in [9.17, 15) is 13.6 Å². The van der Waals surface area contributed by atoms with Gasteiger partial charge in [-0.3, -0.25) is 4.79 Å². The van der Waals surface area contributed by atoms with Crippen LogP contribution in [0.1, 0.15) is 16.1 Å². The second-order valence-corrected chi connectivity index (χ2v) is 3.75. The number of carbonyl (C=O) groups excluding carboxylic acids is 1. The van der Waals surface area contributed by atoms with Crippen LogP contribution in [0.2, 0.25) is 0 Å². The number of ether oxygens (including phenoxy) is 1. The molecule has 94 valence electrons. The van der Waals surface area contributed by atoms with Gasteiger partial charge in [0.2, 0.25) is 5.88 Å². The molecule has 0 N–H and O–H groups in total. The molecule has 0 aliphatic carbocycles. The molecule has 0 atom stereocenters. The van der Waals surface area contributed by atoms with E-state index in [-0.39, 0.29) is 17.2 Å². The van der Waals surface area contributed by atoms with E-state index in [1.165, 1.54) is 4.68 Å². The van der Waals surface area contributed by atoms with Crippen LogP contribution in [0.5, 0.6) is 11.6 Å². The number of nitrogens with zero attached hydrogens (tertiary/aromatic N) is 2. The molecule has 1 heterocycles. The third kappa shape index (κ3) is 2.22. The summed E-state index contributed by atoms with van der Waals surface area (Å²) >= 11 is 0. The molecule has 0 bridgehead atoms. The molecule has 0 saturated carbocycles. The SMILES string of the molecule is Cc1nn(C)c(Oc2cc(F)cc(F)c2)c1C=O. The first-order chi connectivity index (χ1) is 8.51. The Labute approximate surface area is 102 Å². The first-order valence-electron chi connectivity index (χ1n) is 5.14. The molecule has 2 aromatic rings. The van der Waals surface area contributed by atoms with Crippen molar-refractivity contribution in [1.29, 1.82) is 0 Å². The van der Waals surface area contributed by atoms with Gasteiger partial charge in [0.15, 0.2) is 6.29 Å². The molecule has 2 rings (SSSR count). The number of aromatic nitrogens is 2. The Bertz CT molecular complexity index is 588. The van der Waals surface area contributed by atoms with Gasteiger partial charge in [0.05, 0.1) is 11.3 Å². The van der Waals surface area contributed by atoms with Gasteiger partial charge in [-0.2, -0.15) is 5.10 Å². The van der Waals surface area contributed by atoms with Crippen molar-refractivity contribution in [2.45, 2.75) is 6.92 Å². The standard InChI is InChI=1S/C12H10F2N2O2/c1-7-11(6-17)12(16(2)15-7)18-10-4-8(13)3-9(14)5-10/h3-6H,1-2H3. The van der Waals surface area contributed by atoms with Gasteiger partial charge in [0, 0.05) is 25.2 Å². The zero-order valence-electron chi connectivity index (χ0n) is 9.78. The Morgan fingerprint density at radius 2 is 1.89 bits per heavy atom. The average Bonchev–Trinajstić information content (AvgIpc) is 2.52. The first kappa shape index (κ1) is 12.2. The van der Waals surface area contributed by atoms with Crippen molar-refractivity contribution in [2.75, 3.05) is 0 Å². The Balaban J connectivity index is 2.42. The monoisotopic (exact) mass is 252 g/mol. The second-order valence-electron chi connectivity index (χ2n) is 3.75. The van der Waals surface area contributed by atoms with Crippen molar-refractivity contribution in [3.63, 3.8) is 0 Å².